The molecule has 2 atom stereocenters. The first-order valence-electron chi connectivity index (χ1n) is 8.64. The summed E-state index contributed by atoms with van der Waals surface area (Å²) in [5.41, 5.74) is 1.32. The monoisotopic (exact) mass is 344 g/mol. The van der Waals surface area contributed by atoms with Crippen LogP contribution in [0.5, 0.6) is 5.75 Å². The zero-order valence-electron chi connectivity index (χ0n) is 14.0. The summed E-state index contributed by atoms with van der Waals surface area (Å²) in [6.07, 6.45) is 6.58. The van der Waals surface area contributed by atoms with Crippen LogP contribution in [0, 0.1) is 11.7 Å². The van der Waals surface area contributed by atoms with Crippen molar-refractivity contribution in [3.8, 4) is 5.75 Å². The van der Waals surface area contributed by atoms with Crippen LogP contribution in [0.4, 0.5) is 14.9 Å². The molecule has 2 aromatic rings. The van der Waals surface area contributed by atoms with E-state index in [2.05, 4.69) is 22.7 Å². The van der Waals surface area contributed by atoms with Crippen molar-refractivity contribution in [2.45, 2.75) is 38.3 Å². The highest BCUT2D eigenvalue weighted by molar-refractivity contribution is 5.89. The third-order valence-corrected chi connectivity index (χ3v) is 4.91. The number of hydrogen-bond donors (Lipinski definition) is 2. The van der Waals surface area contributed by atoms with E-state index >= 15 is 0 Å². The van der Waals surface area contributed by atoms with Crippen LogP contribution < -0.4 is 15.4 Å². The van der Waals surface area contributed by atoms with E-state index in [0.717, 1.165) is 0 Å². The number of carbonyl (C=O) groups excluding carboxylic acids is 1. The van der Waals surface area contributed by atoms with Gasteiger partial charge in [-0.3, -0.25) is 4.68 Å². The van der Waals surface area contributed by atoms with Crippen LogP contribution in [0.2, 0.25) is 0 Å². The Morgan fingerprint density at radius 3 is 3.04 bits per heavy atom. The van der Waals surface area contributed by atoms with Crippen molar-refractivity contribution in [3.05, 3.63) is 42.0 Å². The average Bonchev–Trinajstić information content (AvgIpc) is 3.35. The minimum absolute atomic E-state index is 0.227. The minimum atomic E-state index is -0.403. The lowest BCUT2D eigenvalue weighted by atomic mass is 10.0. The highest BCUT2D eigenvalue weighted by Gasteiger charge is 2.30. The van der Waals surface area contributed by atoms with Gasteiger partial charge in [-0.05, 0) is 31.7 Å². The van der Waals surface area contributed by atoms with Crippen molar-refractivity contribution >= 4 is 11.7 Å². The number of nitrogens with one attached hydrogen (secondary N) is 2. The predicted molar refractivity (Wildman–Crippen MR) is 91.1 cm³/mol. The van der Waals surface area contributed by atoms with E-state index in [-0.39, 0.29) is 17.8 Å². The van der Waals surface area contributed by atoms with Crippen LogP contribution in [0.15, 0.2) is 30.6 Å². The number of rotatable bonds is 4. The SMILES string of the molecule is CC(C1CC1)n1cc(NC(=O)N[C@H]2CCOc3c(F)cccc32)cn1. The van der Waals surface area contributed by atoms with E-state index in [1.54, 1.807) is 18.3 Å². The molecule has 4 rings (SSSR count). The molecule has 2 amide bonds. The fourth-order valence-electron chi connectivity index (χ4n) is 3.28. The molecule has 1 fully saturated rings. The van der Waals surface area contributed by atoms with Crippen LogP contribution >= 0.6 is 0 Å². The van der Waals surface area contributed by atoms with Gasteiger partial charge in [0.25, 0.3) is 0 Å². The second-order valence-corrected chi connectivity index (χ2v) is 6.73. The molecule has 0 radical (unpaired) electrons. The second kappa shape index (κ2) is 6.38. The molecule has 1 aromatic carbocycles. The largest absolute Gasteiger partial charge is 0.490 e. The third-order valence-electron chi connectivity index (χ3n) is 4.91. The maximum atomic E-state index is 13.8. The number of anilines is 1. The van der Waals surface area contributed by atoms with Crippen molar-refractivity contribution in [1.82, 2.24) is 15.1 Å². The van der Waals surface area contributed by atoms with E-state index in [9.17, 15) is 9.18 Å². The first kappa shape index (κ1) is 15.9. The first-order valence-corrected chi connectivity index (χ1v) is 8.64. The molecule has 7 heteroatoms. The lowest BCUT2D eigenvalue weighted by molar-refractivity contribution is 0.227. The van der Waals surface area contributed by atoms with Crippen molar-refractivity contribution in [1.29, 1.82) is 0 Å². The van der Waals surface area contributed by atoms with Crippen LogP contribution in [0.1, 0.15) is 43.8 Å². The molecule has 1 saturated carbocycles. The van der Waals surface area contributed by atoms with Gasteiger partial charge in [0.1, 0.15) is 0 Å². The van der Waals surface area contributed by atoms with Gasteiger partial charge in [0.2, 0.25) is 0 Å². The second-order valence-electron chi connectivity index (χ2n) is 6.73. The number of aromatic nitrogens is 2. The molecule has 25 heavy (non-hydrogen) atoms. The summed E-state index contributed by atoms with van der Waals surface area (Å²) in [5, 5.41) is 10.0. The van der Waals surface area contributed by atoms with Crippen molar-refractivity contribution in [2.24, 2.45) is 5.92 Å². The molecule has 1 aliphatic carbocycles. The summed E-state index contributed by atoms with van der Waals surface area (Å²) in [4.78, 5) is 12.3. The molecule has 0 spiro atoms. The Bertz CT molecular complexity index is 787. The van der Waals surface area contributed by atoms with Gasteiger partial charge in [-0.2, -0.15) is 5.10 Å². The number of nitrogens with zero attached hydrogens (tertiary/aromatic N) is 2. The number of amides is 2. The normalized spacial score (nSPS) is 20.3. The van der Waals surface area contributed by atoms with Crippen molar-refractivity contribution < 1.29 is 13.9 Å². The molecule has 2 aliphatic rings. The zero-order chi connectivity index (χ0) is 17.4. The fraction of sp³-hybridized carbons (Fsp3) is 0.444. The number of urea groups is 1. The van der Waals surface area contributed by atoms with Gasteiger partial charge in [0.05, 0.1) is 30.6 Å². The molecule has 0 saturated heterocycles. The quantitative estimate of drug-likeness (QED) is 0.890. The molecule has 6 nitrogen and oxygen atoms in total. The predicted octanol–water partition coefficient (Wildman–Crippen LogP) is 3.64. The number of fused-ring (bicyclic) bond motifs is 1. The summed E-state index contributed by atoms with van der Waals surface area (Å²) >= 11 is 0. The fourth-order valence-corrected chi connectivity index (χ4v) is 3.28. The van der Waals surface area contributed by atoms with E-state index < -0.39 is 5.82 Å². The molecule has 2 heterocycles. The Morgan fingerprint density at radius 2 is 2.24 bits per heavy atom. The summed E-state index contributed by atoms with van der Waals surface area (Å²) in [7, 11) is 0. The molecule has 0 bridgehead atoms. The number of carbonyl (C=O) groups is 1. The van der Waals surface area contributed by atoms with Crippen molar-refractivity contribution in [3.63, 3.8) is 0 Å². The minimum Gasteiger partial charge on any atom is -0.490 e. The van der Waals surface area contributed by atoms with E-state index in [4.69, 9.17) is 4.74 Å². The molecule has 2 N–H and O–H groups in total. The summed E-state index contributed by atoms with van der Waals surface area (Å²) in [5.74, 6) is 0.514. The van der Waals surface area contributed by atoms with E-state index in [0.29, 0.717) is 36.2 Å². The summed E-state index contributed by atoms with van der Waals surface area (Å²) in [6.45, 7) is 2.51. The maximum Gasteiger partial charge on any atom is 0.319 e. The molecule has 1 unspecified atom stereocenters. The van der Waals surface area contributed by atoms with Gasteiger partial charge in [-0.15, -0.1) is 0 Å². The Kier molecular flexibility index (Phi) is 4.07. The Morgan fingerprint density at radius 1 is 1.40 bits per heavy atom. The van der Waals surface area contributed by atoms with Crippen LogP contribution in [-0.2, 0) is 0 Å². The number of hydrogen-bond acceptors (Lipinski definition) is 3. The highest BCUT2D eigenvalue weighted by Crippen LogP contribution is 2.39. The summed E-state index contributed by atoms with van der Waals surface area (Å²) < 4.78 is 21.1. The standard InChI is InChI=1S/C18H21FN4O2/c1-11(12-5-6-12)23-10-13(9-20-23)21-18(24)22-16-7-8-25-17-14(16)3-2-4-15(17)19/h2-4,9-12,16H,5-8H2,1H3,(H2,21,22,24)/t11?,16-/m0/s1. The number of para-hydroxylation sites is 1. The van der Waals surface area contributed by atoms with Gasteiger partial charge in [0.15, 0.2) is 11.6 Å². The van der Waals surface area contributed by atoms with Crippen LogP contribution in [-0.4, -0.2) is 22.4 Å². The smallest absolute Gasteiger partial charge is 0.319 e. The van der Waals surface area contributed by atoms with Crippen LogP contribution in [0.25, 0.3) is 0 Å². The van der Waals surface area contributed by atoms with E-state index in [1.165, 1.54) is 18.9 Å². The number of ether oxygens (including phenoxy) is 1. The third kappa shape index (κ3) is 3.31. The molecule has 132 valence electrons. The summed E-state index contributed by atoms with van der Waals surface area (Å²) in [6, 6.07) is 4.50. The lowest BCUT2D eigenvalue weighted by Crippen LogP contribution is -2.35. The van der Waals surface area contributed by atoms with E-state index in [1.807, 2.05) is 10.9 Å². The number of halogens is 1. The van der Waals surface area contributed by atoms with Crippen molar-refractivity contribution in [2.75, 3.05) is 11.9 Å². The molecular formula is C18H21FN4O2. The average molecular weight is 344 g/mol. The Labute approximate surface area is 145 Å². The maximum absolute atomic E-state index is 13.8. The highest BCUT2D eigenvalue weighted by atomic mass is 19.1. The zero-order valence-corrected chi connectivity index (χ0v) is 14.0. The molecule has 1 aromatic heterocycles. The van der Waals surface area contributed by atoms with Gasteiger partial charge < -0.3 is 15.4 Å². The molecular weight excluding hydrogens is 323 g/mol. The van der Waals surface area contributed by atoms with Gasteiger partial charge >= 0.3 is 6.03 Å². The molecule has 1 aliphatic heterocycles. The van der Waals surface area contributed by atoms with Gasteiger partial charge in [-0.25, -0.2) is 9.18 Å². The topological polar surface area (TPSA) is 68.2 Å². The lowest BCUT2D eigenvalue weighted by Gasteiger charge is -2.26. The van der Waals surface area contributed by atoms with Gasteiger partial charge in [-0.1, -0.05) is 12.1 Å². The van der Waals surface area contributed by atoms with Crippen LogP contribution in [0.3, 0.4) is 0 Å². The first-order chi connectivity index (χ1) is 12.1. The van der Waals surface area contributed by atoms with Gasteiger partial charge in [0, 0.05) is 18.2 Å². The number of benzene rings is 1. The Hall–Kier alpha value is -2.57. The Balaban J connectivity index is 1.41.